The van der Waals surface area contributed by atoms with Crippen LogP contribution in [0.15, 0.2) is 40.9 Å². The van der Waals surface area contributed by atoms with Crippen LogP contribution in [-0.2, 0) is 13.2 Å². The third-order valence-electron chi connectivity index (χ3n) is 4.16. The minimum Gasteiger partial charge on any atom is -0.493 e. The van der Waals surface area contributed by atoms with Crippen LogP contribution in [0.3, 0.4) is 0 Å². The number of ether oxygens (including phenoxy) is 2. The van der Waals surface area contributed by atoms with Crippen LogP contribution in [0.1, 0.15) is 43.7 Å². The molecule has 0 saturated carbocycles. The van der Waals surface area contributed by atoms with Crippen LogP contribution in [0.2, 0.25) is 5.02 Å². The van der Waals surface area contributed by atoms with E-state index >= 15 is 0 Å². The number of methoxy groups -OCH3 is 1. The van der Waals surface area contributed by atoms with Crippen molar-refractivity contribution in [1.29, 1.82) is 0 Å². The van der Waals surface area contributed by atoms with Crippen molar-refractivity contribution in [3.8, 4) is 11.5 Å². The lowest BCUT2D eigenvalue weighted by Crippen LogP contribution is -2.14. The average molecular weight is 477 g/mol. The highest BCUT2D eigenvalue weighted by Gasteiger charge is 2.12. The first kappa shape index (κ1) is 24.1. The summed E-state index contributed by atoms with van der Waals surface area (Å²) in [4.78, 5) is 0. The summed E-state index contributed by atoms with van der Waals surface area (Å²) in [5.74, 6) is 1.41. The SMILES string of the molecule is CCCCCCNCc1cc(Br)c(OCc2ccccc2Cl)c(OC)c1.Cl. The number of benzene rings is 2. The number of hydrogen-bond donors (Lipinski definition) is 1. The minimum absolute atomic E-state index is 0. The lowest BCUT2D eigenvalue weighted by Gasteiger charge is -2.15. The molecular weight excluding hydrogens is 449 g/mol. The molecule has 2 aromatic carbocycles. The van der Waals surface area contributed by atoms with E-state index in [4.69, 9.17) is 21.1 Å². The van der Waals surface area contributed by atoms with Gasteiger partial charge in [0, 0.05) is 17.1 Å². The molecule has 0 radical (unpaired) electrons. The van der Waals surface area contributed by atoms with Crippen LogP contribution < -0.4 is 14.8 Å². The predicted molar refractivity (Wildman–Crippen MR) is 120 cm³/mol. The first-order valence-electron chi connectivity index (χ1n) is 9.09. The van der Waals surface area contributed by atoms with E-state index < -0.39 is 0 Å². The van der Waals surface area contributed by atoms with Gasteiger partial charge in [-0.3, -0.25) is 0 Å². The van der Waals surface area contributed by atoms with Gasteiger partial charge < -0.3 is 14.8 Å². The van der Waals surface area contributed by atoms with Crippen molar-refractivity contribution >= 4 is 39.9 Å². The fraction of sp³-hybridized carbons (Fsp3) is 0.429. The third kappa shape index (κ3) is 7.90. The standard InChI is InChI=1S/C21H27BrClNO2.ClH/c1-3-4-5-8-11-24-14-16-12-18(22)21(20(13-16)25-2)26-15-17-9-6-7-10-19(17)23;/h6-7,9-10,12-13,24H,3-5,8,11,14-15H2,1-2H3;1H. The van der Waals surface area contributed by atoms with Crippen LogP contribution >= 0.6 is 39.9 Å². The van der Waals surface area contributed by atoms with Crippen molar-refractivity contribution in [3.63, 3.8) is 0 Å². The van der Waals surface area contributed by atoms with E-state index in [-0.39, 0.29) is 12.4 Å². The summed E-state index contributed by atoms with van der Waals surface area (Å²) < 4.78 is 12.4. The summed E-state index contributed by atoms with van der Waals surface area (Å²) in [6.07, 6.45) is 5.06. The van der Waals surface area contributed by atoms with Crippen LogP contribution in [0.25, 0.3) is 0 Å². The summed E-state index contributed by atoms with van der Waals surface area (Å²) in [6, 6.07) is 11.8. The average Bonchev–Trinajstić information content (AvgIpc) is 2.64. The summed E-state index contributed by atoms with van der Waals surface area (Å²) >= 11 is 9.81. The van der Waals surface area contributed by atoms with Crippen molar-refractivity contribution in [2.45, 2.75) is 45.8 Å². The zero-order chi connectivity index (χ0) is 18.8. The maximum Gasteiger partial charge on any atom is 0.175 e. The molecule has 2 rings (SSSR count). The number of hydrogen-bond acceptors (Lipinski definition) is 3. The molecule has 150 valence electrons. The third-order valence-corrected chi connectivity index (χ3v) is 5.11. The Morgan fingerprint density at radius 3 is 2.59 bits per heavy atom. The highest BCUT2D eigenvalue weighted by atomic mass is 79.9. The van der Waals surface area contributed by atoms with Crippen molar-refractivity contribution < 1.29 is 9.47 Å². The van der Waals surface area contributed by atoms with Gasteiger partial charge in [0.15, 0.2) is 11.5 Å². The largest absolute Gasteiger partial charge is 0.493 e. The lowest BCUT2D eigenvalue weighted by molar-refractivity contribution is 0.282. The van der Waals surface area contributed by atoms with Gasteiger partial charge in [-0.15, -0.1) is 12.4 Å². The van der Waals surface area contributed by atoms with Gasteiger partial charge in [-0.05, 0) is 52.7 Å². The summed E-state index contributed by atoms with van der Waals surface area (Å²) in [5, 5.41) is 4.19. The topological polar surface area (TPSA) is 30.5 Å². The molecule has 2 aromatic rings. The van der Waals surface area contributed by atoms with Gasteiger partial charge in [0.1, 0.15) is 6.61 Å². The first-order chi connectivity index (χ1) is 12.7. The molecule has 0 unspecified atom stereocenters. The fourth-order valence-corrected chi connectivity index (χ4v) is 3.48. The quantitative estimate of drug-likeness (QED) is 0.362. The van der Waals surface area contributed by atoms with Gasteiger partial charge in [-0.1, -0.05) is 56.0 Å². The highest BCUT2D eigenvalue weighted by Crippen LogP contribution is 2.37. The highest BCUT2D eigenvalue weighted by molar-refractivity contribution is 9.10. The predicted octanol–water partition coefficient (Wildman–Crippen LogP) is 6.78. The number of rotatable bonds is 11. The molecule has 0 amide bonds. The monoisotopic (exact) mass is 475 g/mol. The van der Waals surface area contributed by atoms with Gasteiger partial charge >= 0.3 is 0 Å². The van der Waals surface area contributed by atoms with E-state index in [1.54, 1.807) is 7.11 Å². The van der Waals surface area contributed by atoms with Crippen molar-refractivity contribution in [1.82, 2.24) is 5.32 Å². The van der Waals surface area contributed by atoms with Gasteiger partial charge in [-0.25, -0.2) is 0 Å². The van der Waals surface area contributed by atoms with E-state index in [2.05, 4.69) is 34.2 Å². The van der Waals surface area contributed by atoms with E-state index in [0.29, 0.717) is 23.1 Å². The maximum atomic E-state index is 6.20. The molecule has 6 heteroatoms. The van der Waals surface area contributed by atoms with Gasteiger partial charge in [0.2, 0.25) is 0 Å². The molecule has 0 aliphatic rings. The second kappa shape index (κ2) is 13.3. The Morgan fingerprint density at radius 2 is 1.89 bits per heavy atom. The number of nitrogens with one attached hydrogen (secondary N) is 1. The van der Waals surface area contributed by atoms with Crippen LogP contribution in [0.4, 0.5) is 0 Å². The Hall–Kier alpha value is -0.940. The first-order valence-corrected chi connectivity index (χ1v) is 10.3. The lowest BCUT2D eigenvalue weighted by atomic mass is 10.2. The zero-order valence-corrected chi connectivity index (χ0v) is 19.1. The molecule has 0 spiro atoms. The number of unbranched alkanes of at least 4 members (excludes halogenated alkanes) is 3. The van der Waals surface area contributed by atoms with Crippen molar-refractivity contribution in [2.75, 3.05) is 13.7 Å². The molecule has 0 aromatic heterocycles. The number of halogens is 3. The van der Waals surface area contributed by atoms with Crippen molar-refractivity contribution in [2.24, 2.45) is 0 Å². The molecule has 0 heterocycles. The second-order valence-corrected chi connectivity index (χ2v) is 7.49. The summed E-state index contributed by atoms with van der Waals surface area (Å²) in [6.45, 7) is 4.47. The summed E-state index contributed by atoms with van der Waals surface area (Å²) in [7, 11) is 1.66. The molecule has 0 aliphatic heterocycles. The Labute approximate surface area is 182 Å². The van der Waals surface area contributed by atoms with E-state index in [1.165, 1.54) is 25.7 Å². The molecule has 3 nitrogen and oxygen atoms in total. The molecule has 0 saturated heterocycles. The Kier molecular flexibility index (Phi) is 11.8. The van der Waals surface area contributed by atoms with Crippen LogP contribution in [-0.4, -0.2) is 13.7 Å². The summed E-state index contributed by atoms with van der Waals surface area (Å²) in [5.41, 5.74) is 2.11. The zero-order valence-electron chi connectivity index (χ0n) is 15.9. The Bertz CT molecular complexity index is 698. The smallest absolute Gasteiger partial charge is 0.175 e. The van der Waals surface area contributed by atoms with E-state index in [1.807, 2.05) is 30.3 Å². The molecule has 0 aliphatic carbocycles. The second-order valence-electron chi connectivity index (χ2n) is 6.23. The van der Waals surface area contributed by atoms with Gasteiger partial charge in [-0.2, -0.15) is 0 Å². The maximum absolute atomic E-state index is 6.20. The van der Waals surface area contributed by atoms with E-state index in [0.717, 1.165) is 28.7 Å². The van der Waals surface area contributed by atoms with Gasteiger partial charge in [0.05, 0.1) is 11.6 Å². The fourth-order valence-electron chi connectivity index (χ4n) is 2.69. The van der Waals surface area contributed by atoms with E-state index in [9.17, 15) is 0 Å². The molecule has 0 bridgehead atoms. The molecular formula is C21H28BrCl2NO2. The molecule has 0 atom stereocenters. The van der Waals surface area contributed by atoms with Gasteiger partial charge in [0.25, 0.3) is 0 Å². The van der Waals surface area contributed by atoms with Crippen LogP contribution in [0.5, 0.6) is 11.5 Å². The Balaban J connectivity index is 0.00000364. The minimum atomic E-state index is 0. The van der Waals surface area contributed by atoms with Crippen LogP contribution in [0, 0.1) is 0 Å². The molecule has 27 heavy (non-hydrogen) atoms. The Morgan fingerprint density at radius 1 is 1.11 bits per heavy atom. The normalized spacial score (nSPS) is 10.4. The molecule has 0 fully saturated rings. The van der Waals surface area contributed by atoms with Crippen molar-refractivity contribution in [3.05, 3.63) is 57.0 Å². The molecule has 1 N–H and O–H groups in total.